The van der Waals surface area contributed by atoms with Crippen molar-refractivity contribution in [2.45, 2.75) is 0 Å². The van der Waals surface area contributed by atoms with Gasteiger partial charge in [0.25, 0.3) is 0 Å². The Morgan fingerprint density at radius 1 is 1.17 bits per heavy atom. The van der Waals surface area contributed by atoms with E-state index >= 15 is 0 Å². The lowest BCUT2D eigenvalue weighted by Gasteiger charge is -2.11. The number of hydrogen-bond donors (Lipinski definition) is 2. The number of pyridine rings is 1. The molecular weight excluding hydrogens is 405 g/mol. The van der Waals surface area contributed by atoms with Crippen LogP contribution in [0.2, 0.25) is 10.0 Å². The molecule has 0 radical (unpaired) electrons. The first-order valence-electron chi connectivity index (χ1n) is 4.80. The van der Waals surface area contributed by atoms with Crippen molar-refractivity contribution < 1.29 is 0 Å². The van der Waals surface area contributed by atoms with Gasteiger partial charge in [0.2, 0.25) is 0 Å². The number of nitrogens with one attached hydrogen (secondary N) is 1. The Bertz CT molecular complexity index is 605. The predicted molar refractivity (Wildman–Crippen MR) is 83.8 cm³/mol. The molecule has 1 heterocycles. The van der Waals surface area contributed by atoms with Crippen LogP contribution in [0.25, 0.3) is 0 Å². The molecule has 2 aromatic rings. The standard InChI is InChI=1S/C11H7Br2Cl2N3/c12-5-3-7(16)11(17-4-5)18-8-2-1-6(13)9(14)10(8)15/h1-4H,16H2,(H,17,18). The van der Waals surface area contributed by atoms with E-state index in [4.69, 9.17) is 28.9 Å². The van der Waals surface area contributed by atoms with Crippen LogP contribution in [0.1, 0.15) is 0 Å². The number of hydrogen-bond acceptors (Lipinski definition) is 3. The molecule has 0 unspecified atom stereocenters. The summed E-state index contributed by atoms with van der Waals surface area (Å²) in [5.41, 5.74) is 7.01. The van der Waals surface area contributed by atoms with E-state index in [2.05, 4.69) is 42.2 Å². The molecule has 0 amide bonds. The third-order valence-electron chi connectivity index (χ3n) is 2.17. The zero-order valence-corrected chi connectivity index (χ0v) is 13.5. The average molecular weight is 412 g/mol. The van der Waals surface area contributed by atoms with Gasteiger partial charge in [-0.2, -0.15) is 0 Å². The molecular formula is C11H7Br2Cl2N3. The van der Waals surface area contributed by atoms with Crippen molar-refractivity contribution in [3.8, 4) is 0 Å². The molecule has 7 heteroatoms. The minimum Gasteiger partial charge on any atom is -0.396 e. The van der Waals surface area contributed by atoms with Crippen LogP contribution in [0, 0.1) is 0 Å². The molecule has 1 aromatic heterocycles. The van der Waals surface area contributed by atoms with Gasteiger partial charge in [0, 0.05) is 15.1 Å². The number of nitrogens with two attached hydrogens (primary N) is 1. The molecule has 0 bridgehead atoms. The van der Waals surface area contributed by atoms with Gasteiger partial charge in [-0.15, -0.1) is 0 Å². The minimum atomic E-state index is 0.412. The third-order valence-corrected chi connectivity index (χ3v) is 4.38. The van der Waals surface area contributed by atoms with Gasteiger partial charge in [0.05, 0.1) is 21.4 Å². The molecule has 0 saturated carbocycles. The third kappa shape index (κ3) is 2.91. The Balaban J connectivity index is 2.37. The highest BCUT2D eigenvalue weighted by molar-refractivity contribution is 9.10. The number of rotatable bonds is 2. The lowest BCUT2D eigenvalue weighted by atomic mass is 10.3. The van der Waals surface area contributed by atoms with Crippen LogP contribution in [0.5, 0.6) is 0 Å². The zero-order valence-electron chi connectivity index (χ0n) is 8.85. The molecule has 3 nitrogen and oxygen atoms in total. The maximum Gasteiger partial charge on any atom is 0.153 e. The summed E-state index contributed by atoms with van der Waals surface area (Å²) < 4.78 is 1.54. The van der Waals surface area contributed by atoms with E-state index in [1.54, 1.807) is 24.4 Å². The van der Waals surface area contributed by atoms with E-state index < -0.39 is 0 Å². The number of nitrogen functional groups attached to an aromatic ring is 1. The summed E-state index contributed by atoms with van der Waals surface area (Å²) in [7, 11) is 0. The molecule has 2 rings (SSSR count). The average Bonchev–Trinajstić information content (AvgIpc) is 2.33. The van der Waals surface area contributed by atoms with Crippen molar-refractivity contribution in [3.63, 3.8) is 0 Å². The van der Waals surface area contributed by atoms with Crippen LogP contribution in [0.15, 0.2) is 33.3 Å². The van der Waals surface area contributed by atoms with Crippen LogP contribution in [0.4, 0.5) is 17.2 Å². The molecule has 0 aliphatic heterocycles. The van der Waals surface area contributed by atoms with Crippen molar-refractivity contribution in [2.24, 2.45) is 0 Å². The lowest BCUT2D eigenvalue weighted by Crippen LogP contribution is -1.99. The summed E-state index contributed by atoms with van der Waals surface area (Å²) in [6.07, 6.45) is 1.65. The molecule has 0 spiro atoms. The topological polar surface area (TPSA) is 50.9 Å². The highest BCUT2D eigenvalue weighted by atomic mass is 79.9. The van der Waals surface area contributed by atoms with Crippen LogP contribution in [-0.4, -0.2) is 4.98 Å². The lowest BCUT2D eigenvalue weighted by molar-refractivity contribution is 1.29. The summed E-state index contributed by atoms with van der Waals surface area (Å²) in [4.78, 5) is 4.17. The van der Waals surface area contributed by atoms with Crippen LogP contribution in [0.3, 0.4) is 0 Å². The Kier molecular flexibility index (Phi) is 4.37. The summed E-state index contributed by atoms with van der Waals surface area (Å²) in [5, 5.41) is 3.90. The summed E-state index contributed by atoms with van der Waals surface area (Å²) in [5.74, 6) is 0.526. The summed E-state index contributed by atoms with van der Waals surface area (Å²) >= 11 is 18.8. The molecule has 0 saturated heterocycles. The maximum absolute atomic E-state index is 6.13. The van der Waals surface area contributed by atoms with E-state index in [9.17, 15) is 0 Å². The predicted octanol–water partition coefficient (Wildman–Crippen LogP) is 5.24. The molecule has 0 aliphatic rings. The van der Waals surface area contributed by atoms with Gasteiger partial charge >= 0.3 is 0 Å². The van der Waals surface area contributed by atoms with E-state index in [1.165, 1.54) is 0 Å². The minimum absolute atomic E-state index is 0.412. The van der Waals surface area contributed by atoms with Crippen molar-refractivity contribution in [3.05, 3.63) is 43.4 Å². The normalized spacial score (nSPS) is 10.4. The second-order valence-electron chi connectivity index (χ2n) is 3.44. The second kappa shape index (κ2) is 5.65. The molecule has 1 aromatic carbocycles. The molecule has 0 atom stereocenters. The molecule has 94 valence electrons. The molecule has 3 N–H and O–H groups in total. The highest BCUT2D eigenvalue weighted by Gasteiger charge is 2.10. The van der Waals surface area contributed by atoms with Crippen LogP contribution in [-0.2, 0) is 0 Å². The monoisotopic (exact) mass is 409 g/mol. The number of benzene rings is 1. The fourth-order valence-electron chi connectivity index (χ4n) is 1.31. The Morgan fingerprint density at radius 3 is 2.56 bits per heavy atom. The van der Waals surface area contributed by atoms with Crippen molar-refractivity contribution in [1.82, 2.24) is 4.98 Å². The summed E-state index contributed by atoms with van der Waals surface area (Å²) in [6, 6.07) is 5.34. The van der Waals surface area contributed by atoms with Crippen LogP contribution >= 0.6 is 55.1 Å². The molecule has 0 fully saturated rings. The van der Waals surface area contributed by atoms with Gasteiger partial charge in [-0.25, -0.2) is 4.98 Å². The van der Waals surface area contributed by atoms with Gasteiger partial charge in [-0.1, -0.05) is 23.2 Å². The fourth-order valence-corrected chi connectivity index (χ4v) is 2.48. The Hall–Kier alpha value is -0.490. The first-order valence-corrected chi connectivity index (χ1v) is 7.15. The quantitative estimate of drug-likeness (QED) is 0.664. The first kappa shape index (κ1) is 13.9. The second-order valence-corrected chi connectivity index (χ2v) is 5.97. The number of halogens is 4. The zero-order chi connectivity index (χ0) is 13.3. The van der Waals surface area contributed by atoms with Gasteiger partial charge in [-0.3, -0.25) is 0 Å². The summed E-state index contributed by atoms with van der Waals surface area (Å²) in [6.45, 7) is 0. The Labute approximate surface area is 131 Å². The van der Waals surface area contributed by atoms with Gasteiger partial charge in [0.15, 0.2) is 5.82 Å². The SMILES string of the molecule is Nc1cc(Br)cnc1Nc1ccc(Br)c(Cl)c1Cl. The largest absolute Gasteiger partial charge is 0.396 e. The molecule has 0 aliphatic carbocycles. The highest BCUT2D eigenvalue weighted by Crippen LogP contribution is 2.37. The van der Waals surface area contributed by atoms with E-state index in [-0.39, 0.29) is 0 Å². The first-order chi connectivity index (χ1) is 8.49. The van der Waals surface area contributed by atoms with Gasteiger partial charge in [-0.05, 0) is 50.1 Å². The van der Waals surface area contributed by atoms with E-state index in [0.29, 0.717) is 27.2 Å². The van der Waals surface area contributed by atoms with Crippen molar-refractivity contribution >= 4 is 72.3 Å². The van der Waals surface area contributed by atoms with E-state index in [0.717, 1.165) is 8.95 Å². The number of anilines is 3. The molecule has 18 heavy (non-hydrogen) atoms. The maximum atomic E-state index is 6.13. The van der Waals surface area contributed by atoms with Gasteiger partial charge < -0.3 is 11.1 Å². The smallest absolute Gasteiger partial charge is 0.153 e. The Morgan fingerprint density at radius 2 is 1.89 bits per heavy atom. The van der Waals surface area contributed by atoms with Crippen molar-refractivity contribution in [2.75, 3.05) is 11.1 Å². The van der Waals surface area contributed by atoms with Crippen molar-refractivity contribution in [1.29, 1.82) is 0 Å². The number of aromatic nitrogens is 1. The number of nitrogens with zero attached hydrogens (tertiary/aromatic N) is 1. The van der Waals surface area contributed by atoms with Gasteiger partial charge in [0.1, 0.15) is 0 Å². The fraction of sp³-hybridized carbons (Fsp3) is 0. The van der Waals surface area contributed by atoms with E-state index in [1.807, 2.05) is 0 Å². The van der Waals surface area contributed by atoms with Crippen LogP contribution < -0.4 is 11.1 Å².